The highest BCUT2D eigenvalue weighted by Gasteiger charge is 2.43. The Morgan fingerprint density at radius 3 is 2.17 bits per heavy atom. The largest absolute Gasteiger partial charge is 0.494 e. The molecule has 1 aromatic rings. The van der Waals surface area contributed by atoms with Gasteiger partial charge in [0.25, 0.3) is 0 Å². The number of hydrogen-bond donors (Lipinski definition) is 1. The maximum Gasteiger partial charge on any atom is 0.405 e. The van der Waals surface area contributed by atoms with E-state index in [1.807, 2.05) is 4.72 Å². The molecule has 24 heavy (non-hydrogen) atoms. The fraction of sp³-hybridized carbons (Fsp3) is 0.562. The number of carbonyl (C=O) groups is 1. The predicted molar refractivity (Wildman–Crippen MR) is 87.4 cm³/mol. The number of Topliss-reactive ketones (excluding diaryl/α,β-unsaturated/α-hetero) is 1. The SMILES string of the molecule is CCOc1ccc(C(=O)C[C@H](N[S@@](=O)C(C)(C)C)C(F)(F)F)cc1. The summed E-state index contributed by atoms with van der Waals surface area (Å²) < 4.78 is 57.7. The highest BCUT2D eigenvalue weighted by atomic mass is 32.2. The van der Waals surface area contributed by atoms with Crippen LogP contribution in [0.2, 0.25) is 0 Å². The second-order valence-corrected chi connectivity index (χ2v) is 8.18. The smallest absolute Gasteiger partial charge is 0.405 e. The van der Waals surface area contributed by atoms with Crippen molar-refractivity contribution in [1.82, 2.24) is 4.72 Å². The van der Waals surface area contributed by atoms with Gasteiger partial charge in [-0.3, -0.25) is 4.79 Å². The summed E-state index contributed by atoms with van der Waals surface area (Å²) in [5.41, 5.74) is 0.149. The van der Waals surface area contributed by atoms with E-state index in [9.17, 15) is 22.2 Å². The van der Waals surface area contributed by atoms with Crippen molar-refractivity contribution in [3.8, 4) is 5.75 Å². The van der Waals surface area contributed by atoms with Gasteiger partial charge in [0, 0.05) is 12.0 Å². The van der Waals surface area contributed by atoms with Crippen LogP contribution in [-0.4, -0.2) is 33.6 Å². The normalized spacial score (nSPS) is 15.0. The van der Waals surface area contributed by atoms with Gasteiger partial charge in [0.2, 0.25) is 0 Å². The summed E-state index contributed by atoms with van der Waals surface area (Å²) >= 11 is 0. The third kappa shape index (κ3) is 6.24. The molecule has 0 heterocycles. The molecule has 0 aromatic heterocycles. The molecule has 0 saturated carbocycles. The molecular weight excluding hydrogens is 343 g/mol. The summed E-state index contributed by atoms with van der Waals surface area (Å²) in [7, 11) is -1.94. The maximum absolute atomic E-state index is 13.1. The van der Waals surface area contributed by atoms with Crippen molar-refractivity contribution in [1.29, 1.82) is 0 Å². The van der Waals surface area contributed by atoms with Crippen LogP contribution in [0.25, 0.3) is 0 Å². The van der Waals surface area contributed by atoms with Crippen molar-refractivity contribution >= 4 is 16.8 Å². The summed E-state index contributed by atoms with van der Waals surface area (Å²) in [6.07, 6.45) is -5.50. The van der Waals surface area contributed by atoms with Crippen LogP contribution >= 0.6 is 0 Å². The summed E-state index contributed by atoms with van der Waals surface area (Å²) in [4.78, 5) is 12.1. The van der Waals surface area contributed by atoms with Gasteiger partial charge in [-0.25, -0.2) is 8.93 Å². The van der Waals surface area contributed by atoms with Gasteiger partial charge >= 0.3 is 6.18 Å². The molecule has 0 aliphatic heterocycles. The molecule has 0 unspecified atom stereocenters. The number of rotatable bonds is 7. The highest BCUT2D eigenvalue weighted by Crippen LogP contribution is 2.26. The molecule has 2 atom stereocenters. The lowest BCUT2D eigenvalue weighted by molar-refractivity contribution is -0.150. The lowest BCUT2D eigenvalue weighted by Gasteiger charge is -2.25. The van der Waals surface area contributed by atoms with Crippen LogP contribution in [-0.2, 0) is 11.0 Å². The second-order valence-electron chi connectivity index (χ2n) is 6.18. The van der Waals surface area contributed by atoms with Crippen molar-refractivity contribution in [3.63, 3.8) is 0 Å². The molecule has 0 fully saturated rings. The molecule has 136 valence electrons. The molecule has 0 spiro atoms. The number of hydrogen-bond acceptors (Lipinski definition) is 3. The Hall–Kier alpha value is -1.41. The first-order valence-electron chi connectivity index (χ1n) is 7.46. The Bertz CT molecular complexity index is 580. The number of benzene rings is 1. The lowest BCUT2D eigenvalue weighted by Crippen LogP contribution is -2.48. The van der Waals surface area contributed by atoms with Crippen LogP contribution in [0.15, 0.2) is 24.3 Å². The summed E-state index contributed by atoms with van der Waals surface area (Å²) in [5.74, 6) is -0.146. The predicted octanol–water partition coefficient (Wildman–Crippen LogP) is 3.64. The number of ketones is 1. The average Bonchev–Trinajstić information content (AvgIpc) is 2.45. The quantitative estimate of drug-likeness (QED) is 0.751. The molecule has 0 bridgehead atoms. The van der Waals surface area contributed by atoms with Crippen LogP contribution in [0.4, 0.5) is 13.2 Å². The Morgan fingerprint density at radius 1 is 1.21 bits per heavy atom. The Kier molecular flexibility index (Phi) is 6.97. The van der Waals surface area contributed by atoms with E-state index in [1.165, 1.54) is 24.3 Å². The Labute approximate surface area is 142 Å². The van der Waals surface area contributed by atoms with E-state index in [2.05, 4.69) is 0 Å². The van der Waals surface area contributed by atoms with Gasteiger partial charge in [-0.1, -0.05) is 0 Å². The zero-order valence-electron chi connectivity index (χ0n) is 14.1. The monoisotopic (exact) mass is 365 g/mol. The van der Waals surface area contributed by atoms with Gasteiger partial charge in [-0.2, -0.15) is 13.2 Å². The molecule has 0 aliphatic rings. The second kappa shape index (κ2) is 8.11. The Morgan fingerprint density at radius 2 is 1.75 bits per heavy atom. The van der Waals surface area contributed by atoms with Gasteiger partial charge in [-0.05, 0) is 52.0 Å². The molecule has 1 N–H and O–H groups in total. The van der Waals surface area contributed by atoms with Gasteiger partial charge < -0.3 is 4.74 Å². The van der Waals surface area contributed by atoms with Crippen molar-refractivity contribution in [3.05, 3.63) is 29.8 Å². The van der Waals surface area contributed by atoms with E-state index in [4.69, 9.17) is 4.74 Å². The number of carbonyl (C=O) groups excluding carboxylic acids is 1. The zero-order valence-corrected chi connectivity index (χ0v) is 14.9. The minimum atomic E-state index is -4.68. The first-order chi connectivity index (χ1) is 10.9. The minimum absolute atomic E-state index is 0.149. The van der Waals surface area contributed by atoms with E-state index in [0.29, 0.717) is 12.4 Å². The first kappa shape index (κ1) is 20.6. The van der Waals surface area contributed by atoms with Crippen molar-refractivity contribution in [2.75, 3.05) is 6.61 Å². The fourth-order valence-corrected chi connectivity index (χ4v) is 2.57. The van der Waals surface area contributed by atoms with Gasteiger partial charge in [0.15, 0.2) is 5.78 Å². The van der Waals surface area contributed by atoms with E-state index in [1.54, 1.807) is 27.7 Å². The zero-order chi connectivity index (χ0) is 18.5. The number of alkyl halides is 3. The third-order valence-corrected chi connectivity index (χ3v) is 4.69. The van der Waals surface area contributed by atoms with Crippen LogP contribution in [0.5, 0.6) is 5.75 Å². The molecule has 0 aliphatic carbocycles. The minimum Gasteiger partial charge on any atom is -0.494 e. The third-order valence-electron chi connectivity index (χ3n) is 3.08. The lowest BCUT2D eigenvalue weighted by atomic mass is 10.0. The maximum atomic E-state index is 13.1. The molecule has 1 rings (SSSR count). The van der Waals surface area contributed by atoms with Crippen molar-refractivity contribution in [2.45, 2.75) is 51.1 Å². The summed E-state index contributed by atoms with van der Waals surface area (Å²) in [5, 5.41) is 0. The van der Waals surface area contributed by atoms with E-state index in [0.717, 1.165) is 0 Å². The van der Waals surface area contributed by atoms with Crippen molar-refractivity contribution in [2.24, 2.45) is 0 Å². The molecule has 0 radical (unpaired) electrons. The molecule has 0 saturated heterocycles. The standard InChI is InChI=1S/C16H22F3NO3S/c1-5-23-12-8-6-11(7-9-12)13(21)10-14(16(17,18)19)20-24(22)15(2,3)4/h6-9,14,20H,5,10H2,1-4H3/t14-,24-/m0/s1. The summed E-state index contributed by atoms with van der Waals surface area (Å²) in [6.45, 7) is 6.91. The van der Waals surface area contributed by atoms with Gasteiger partial charge in [-0.15, -0.1) is 0 Å². The topological polar surface area (TPSA) is 55.4 Å². The highest BCUT2D eigenvalue weighted by molar-refractivity contribution is 7.84. The Balaban J connectivity index is 2.86. The first-order valence-corrected chi connectivity index (χ1v) is 8.61. The van der Waals surface area contributed by atoms with Crippen LogP contribution in [0.1, 0.15) is 44.5 Å². The van der Waals surface area contributed by atoms with E-state index >= 15 is 0 Å². The van der Waals surface area contributed by atoms with Crippen LogP contribution in [0.3, 0.4) is 0 Å². The van der Waals surface area contributed by atoms with Crippen LogP contribution in [0, 0.1) is 0 Å². The van der Waals surface area contributed by atoms with Crippen molar-refractivity contribution < 1.29 is 26.9 Å². The van der Waals surface area contributed by atoms with E-state index in [-0.39, 0.29) is 5.56 Å². The molecule has 8 heteroatoms. The molecular formula is C16H22F3NO3S. The number of ether oxygens (including phenoxy) is 1. The van der Waals surface area contributed by atoms with E-state index < -0.39 is 40.2 Å². The number of nitrogens with one attached hydrogen (secondary N) is 1. The van der Waals surface area contributed by atoms with Gasteiger partial charge in [0.05, 0.1) is 22.3 Å². The molecule has 0 amide bonds. The number of halogens is 3. The average molecular weight is 365 g/mol. The van der Waals surface area contributed by atoms with Crippen LogP contribution < -0.4 is 9.46 Å². The van der Waals surface area contributed by atoms with Gasteiger partial charge in [0.1, 0.15) is 11.8 Å². The fourth-order valence-electron chi connectivity index (χ4n) is 1.74. The molecule has 1 aromatic carbocycles. The summed E-state index contributed by atoms with van der Waals surface area (Å²) in [6, 6.07) is 3.72. The molecule has 4 nitrogen and oxygen atoms in total.